The highest BCUT2D eigenvalue weighted by Crippen LogP contribution is 2.21. The highest BCUT2D eigenvalue weighted by Gasteiger charge is 2.01. The SMILES string of the molecule is CC(C)CNCc1ccc(Sc2ncc[nH]2)nc1. The molecule has 0 atom stereocenters. The van der Waals surface area contributed by atoms with Crippen LogP contribution in [0.3, 0.4) is 0 Å². The topological polar surface area (TPSA) is 53.6 Å². The van der Waals surface area contributed by atoms with Crippen molar-refractivity contribution in [2.75, 3.05) is 6.54 Å². The van der Waals surface area contributed by atoms with Crippen molar-refractivity contribution in [3.63, 3.8) is 0 Å². The van der Waals surface area contributed by atoms with Crippen LogP contribution in [-0.2, 0) is 6.54 Å². The van der Waals surface area contributed by atoms with Crippen molar-refractivity contribution in [3.8, 4) is 0 Å². The molecule has 0 amide bonds. The third-order valence-corrected chi connectivity index (χ3v) is 3.22. The molecular weight excluding hydrogens is 244 g/mol. The molecule has 0 saturated heterocycles. The lowest BCUT2D eigenvalue weighted by molar-refractivity contribution is 0.551. The second kappa shape index (κ2) is 6.56. The Bertz CT molecular complexity index is 450. The number of hydrogen-bond donors (Lipinski definition) is 2. The molecule has 0 saturated carbocycles. The van der Waals surface area contributed by atoms with Crippen LogP contribution < -0.4 is 5.32 Å². The van der Waals surface area contributed by atoms with Crippen molar-refractivity contribution in [3.05, 3.63) is 36.3 Å². The largest absolute Gasteiger partial charge is 0.339 e. The van der Waals surface area contributed by atoms with Gasteiger partial charge in [-0.25, -0.2) is 9.97 Å². The first kappa shape index (κ1) is 13.1. The fourth-order valence-corrected chi connectivity index (χ4v) is 2.17. The molecule has 0 aromatic carbocycles. The van der Waals surface area contributed by atoms with Gasteiger partial charge in [-0.3, -0.25) is 0 Å². The van der Waals surface area contributed by atoms with Crippen LogP contribution >= 0.6 is 11.8 Å². The molecule has 96 valence electrons. The molecule has 5 heteroatoms. The summed E-state index contributed by atoms with van der Waals surface area (Å²) in [5.74, 6) is 0.673. The third-order valence-electron chi connectivity index (χ3n) is 2.35. The second-order valence-electron chi connectivity index (χ2n) is 4.53. The Labute approximate surface area is 112 Å². The van der Waals surface area contributed by atoms with E-state index in [2.05, 4.69) is 40.2 Å². The van der Waals surface area contributed by atoms with Crippen molar-refractivity contribution >= 4 is 11.8 Å². The number of pyridine rings is 1. The van der Waals surface area contributed by atoms with Crippen LogP contribution in [0.2, 0.25) is 0 Å². The predicted molar refractivity (Wildman–Crippen MR) is 73.5 cm³/mol. The summed E-state index contributed by atoms with van der Waals surface area (Å²) < 4.78 is 0. The van der Waals surface area contributed by atoms with Gasteiger partial charge >= 0.3 is 0 Å². The van der Waals surface area contributed by atoms with Crippen LogP contribution in [0.5, 0.6) is 0 Å². The van der Waals surface area contributed by atoms with E-state index in [0.717, 1.165) is 23.3 Å². The normalized spacial score (nSPS) is 11.1. The van der Waals surface area contributed by atoms with Gasteiger partial charge in [0.05, 0.1) is 0 Å². The third kappa shape index (κ3) is 4.16. The first-order valence-corrected chi connectivity index (χ1v) is 6.88. The predicted octanol–water partition coefficient (Wildman–Crippen LogP) is 2.70. The van der Waals surface area contributed by atoms with Crippen molar-refractivity contribution < 1.29 is 0 Å². The fourth-order valence-electron chi connectivity index (χ4n) is 1.49. The van der Waals surface area contributed by atoms with Crippen molar-refractivity contribution in [1.82, 2.24) is 20.3 Å². The van der Waals surface area contributed by atoms with Crippen molar-refractivity contribution in [2.45, 2.75) is 30.6 Å². The van der Waals surface area contributed by atoms with Gasteiger partial charge in [-0.1, -0.05) is 19.9 Å². The number of imidazole rings is 1. The average Bonchev–Trinajstić information content (AvgIpc) is 2.84. The van der Waals surface area contributed by atoms with E-state index in [9.17, 15) is 0 Å². The zero-order valence-corrected chi connectivity index (χ0v) is 11.5. The van der Waals surface area contributed by atoms with E-state index in [1.807, 2.05) is 18.5 Å². The van der Waals surface area contributed by atoms with Crippen molar-refractivity contribution in [2.24, 2.45) is 5.92 Å². The average molecular weight is 262 g/mol. The van der Waals surface area contributed by atoms with E-state index in [-0.39, 0.29) is 0 Å². The molecule has 0 aliphatic rings. The van der Waals surface area contributed by atoms with E-state index >= 15 is 0 Å². The van der Waals surface area contributed by atoms with Crippen LogP contribution in [0.25, 0.3) is 0 Å². The summed E-state index contributed by atoms with van der Waals surface area (Å²) in [6.07, 6.45) is 5.47. The Hall–Kier alpha value is -1.33. The number of nitrogens with zero attached hydrogens (tertiary/aromatic N) is 2. The molecule has 0 fully saturated rings. The number of rotatable bonds is 6. The smallest absolute Gasteiger partial charge is 0.171 e. The summed E-state index contributed by atoms with van der Waals surface area (Å²) in [5, 5.41) is 5.23. The van der Waals surface area contributed by atoms with Crippen LogP contribution in [0.1, 0.15) is 19.4 Å². The Morgan fingerprint density at radius 1 is 1.33 bits per heavy atom. The molecule has 2 N–H and O–H groups in total. The van der Waals surface area contributed by atoms with Gasteiger partial charge in [-0.15, -0.1) is 0 Å². The highest BCUT2D eigenvalue weighted by atomic mass is 32.2. The minimum Gasteiger partial charge on any atom is -0.339 e. The minimum absolute atomic E-state index is 0.673. The molecule has 0 radical (unpaired) electrons. The molecule has 2 rings (SSSR count). The lowest BCUT2D eigenvalue weighted by atomic mass is 10.2. The molecule has 4 nitrogen and oxygen atoms in total. The summed E-state index contributed by atoms with van der Waals surface area (Å²) >= 11 is 1.53. The number of aromatic nitrogens is 3. The molecule has 0 spiro atoms. The summed E-state index contributed by atoms with van der Waals surface area (Å²) in [7, 11) is 0. The van der Waals surface area contributed by atoms with Gasteiger partial charge in [-0.05, 0) is 35.9 Å². The van der Waals surface area contributed by atoms with Gasteiger partial charge in [0.15, 0.2) is 5.16 Å². The van der Waals surface area contributed by atoms with Crippen LogP contribution in [-0.4, -0.2) is 21.5 Å². The Balaban J connectivity index is 1.85. The number of H-pyrrole nitrogens is 1. The lowest BCUT2D eigenvalue weighted by Gasteiger charge is -2.07. The Morgan fingerprint density at radius 3 is 2.83 bits per heavy atom. The maximum atomic E-state index is 4.41. The van der Waals surface area contributed by atoms with Gasteiger partial charge in [-0.2, -0.15) is 0 Å². The van der Waals surface area contributed by atoms with Crippen molar-refractivity contribution in [1.29, 1.82) is 0 Å². The standard InChI is InChI=1S/C13H18N4S/c1-10(2)7-14-8-11-3-4-12(17-9-11)18-13-15-5-6-16-13/h3-6,9-10,14H,7-8H2,1-2H3,(H,15,16). The molecule has 18 heavy (non-hydrogen) atoms. The molecule has 2 aromatic rings. The zero-order chi connectivity index (χ0) is 12.8. The number of aromatic amines is 1. The summed E-state index contributed by atoms with van der Waals surface area (Å²) in [4.78, 5) is 11.6. The summed E-state index contributed by atoms with van der Waals surface area (Å²) in [6.45, 7) is 6.31. The summed E-state index contributed by atoms with van der Waals surface area (Å²) in [6, 6.07) is 4.13. The summed E-state index contributed by atoms with van der Waals surface area (Å²) in [5.41, 5.74) is 1.21. The maximum absolute atomic E-state index is 4.41. The van der Waals surface area contributed by atoms with E-state index in [1.165, 1.54) is 17.3 Å². The molecule has 2 heterocycles. The monoisotopic (exact) mass is 262 g/mol. The first-order chi connectivity index (χ1) is 8.74. The quantitative estimate of drug-likeness (QED) is 0.840. The zero-order valence-electron chi connectivity index (χ0n) is 10.7. The van der Waals surface area contributed by atoms with Gasteiger partial charge in [0, 0.05) is 25.1 Å². The van der Waals surface area contributed by atoms with Gasteiger partial charge in [0.25, 0.3) is 0 Å². The van der Waals surface area contributed by atoms with E-state index in [4.69, 9.17) is 0 Å². The Morgan fingerprint density at radius 2 is 2.22 bits per heavy atom. The van der Waals surface area contributed by atoms with E-state index in [0.29, 0.717) is 5.92 Å². The van der Waals surface area contributed by atoms with Gasteiger partial charge in [0.1, 0.15) is 5.03 Å². The molecule has 2 aromatic heterocycles. The maximum Gasteiger partial charge on any atom is 0.171 e. The number of nitrogens with one attached hydrogen (secondary N) is 2. The molecular formula is C13H18N4S. The van der Waals surface area contributed by atoms with Crippen LogP contribution in [0.15, 0.2) is 40.9 Å². The van der Waals surface area contributed by atoms with Crippen LogP contribution in [0.4, 0.5) is 0 Å². The fraction of sp³-hybridized carbons (Fsp3) is 0.385. The molecule has 0 aliphatic carbocycles. The van der Waals surface area contributed by atoms with Gasteiger partial charge in [0.2, 0.25) is 0 Å². The Kier molecular flexibility index (Phi) is 4.78. The molecule has 0 bridgehead atoms. The lowest BCUT2D eigenvalue weighted by Crippen LogP contribution is -2.18. The highest BCUT2D eigenvalue weighted by molar-refractivity contribution is 7.99. The van der Waals surface area contributed by atoms with Crippen LogP contribution in [0, 0.1) is 5.92 Å². The molecule has 0 unspecified atom stereocenters. The van der Waals surface area contributed by atoms with E-state index < -0.39 is 0 Å². The minimum atomic E-state index is 0.673. The first-order valence-electron chi connectivity index (χ1n) is 6.07. The second-order valence-corrected chi connectivity index (χ2v) is 5.53. The number of hydrogen-bond acceptors (Lipinski definition) is 4. The van der Waals surface area contributed by atoms with Gasteiger partial charge < -0.3 is 10.3 Å². The molecule has 0 aliphatic heterocycles. The van der Waals surface area contributed by atoms with E-state index in [1.54, 1.807) is 6.20 Å².